The molecule has 0 spiro atoms. The van der Waals surface area contributed by atoms with E-state index in [-0.39, 0.29) is 5.91 Å². The Balaban J connectivity index is 1.67. The third kappa shape index (κ3) is 6.45. The summed E-state index contributed by atoms with van der Waals surface area (Å²) >= 11 is 0. The molecule has 26 heavy (non-hydrogen) atoms. The van der Waals surface area contributed by atoms with Gasteiger partial charge in [-0.15, -0.1) is 0 Å². The van der Waals surface area contributed by atoms with E-state index in [0.29, 0.717) is 25.8 Å². The smallest absolute Gasteiger partial charge is 0.220 e. The van der Waals surface area contributed by atoms with E-state index in [1.165, 1.54) is 38.8 Å². The molecule has 1 aliphatic heterocycles. The number of rotatable bonds is 9. The highest BCUT2D eigenvalue weighted by Crippen LogP contribution is 2.15. The third-order valence-electron chi connectivity index (χ3n) is 5.24. The summed E-state index contributed by atoms with van der Waals surface area (Å²) in [6, 6.07) is 2.15. The molecule has 2 rings (SSSR count). The topological polar surface area (TPSA) is 73.9 Å². The van der Waals surface area contributed by atoms with Crippen molar-refractivity contribution in [3.8, 4) is 6.07 Å². The Hall–Kier alpha value is -1.87. The summed E-state index contributed by atoms with van der Waals surface area (Å²) < 4.78 is 1.88. The maximum absolute atomic E-state index is 12.1. The van der Waals surface area contributed by atoms with Crippen molar-refractivity contribution < 1.29 is 4.79 Å². The molecule has 0 saturated carbocycles. The highest BCUT2D eigenvalue weighted by atomic mass is 16.1. The lowest BCUT2D eigenvalue weighted by atomic mass is 10.1. The van der Waals surface area contributed by atoms with Crippen molar-refractivity contribution in [3.05, 3.63) is 17.0 Å². The lowest BCUT2D eigenvalue weighted by Crippen LogP contribution is -2.30. The standard InChI is InChI=1S/C20H33N5O/c1-17-19(18(2)25(23-17)16-7-11-21)9-10-20(26)22-12-8-15-24-13-5-3-4-6-14-24/h3-10,12-16H2,1-2H3,(H,22,26). The molecule has 1 aliphatic rings. The second kappa shape index (κ2) is 11.0. The largest absolute Gasteiger partial charge is 0.356 e. The summed E-state index contributed by atoms with van der Waals surface area (Å²) in [6.07, 6.45) is 8.03. The fourth-order valence-corrected chi connectivity index (χ4v) is 3.69. The van der Waals surface area contributed by atoms with Crippen LogP contribution in [0, 0.1) is 25.2 Å². The van der Waals surface area contributed by atoms with Crippen LogP contribution in [0.25, 0.3) is 0 Å². The molecule has 0 bridgehead atoms. The maximum Gasteiger partial charge on any atom is 0.220 e. The first kappa shape index (κ1) is 20.4. The minimum atomic E-state index is 0.115. The summed E-state index contributed by atoms with van der Waals surface area (Å²) in [6.45, 7) is 8.88. The van der Waals surface area contributed by atoms with E-state index < -0.39 is 0 Å². The van der Waals surface area contributed by atoms with Crippen molar-refractivity contribution in [3.63, 3.8) is 0 Å². The van der Waals surface area contributed by atoms with Crippen LogP contribution >= 0.6 is 0 Å². The Kier molecular flexibility index (Phi) is 8.63. The Morgan fingerprint density at radius 3 is 2.62 bits per heavy atom. The fraction of sp³-hybridized carbons (Fsp3) is 0.750. The number of hydrogen-bond acceptors (Lipinski definition) is 4. The zero-order valence-corrected chi connectivity index (χ0v) is 16.4. The molecule has 0 radical (unpaired) electrons. The second-order valence-corrected chi connectivity index (χ2v) is 7.24. The third-order valence-corrected chi connectivity index (χ3v) is 5.24. The van der Waals surface area contributed by atoms with Gasteiger partial charge in [0.2, 0.25) is 5.91 Å². The summed E-state index contributed by atoms with van der Waals surface area (Å²) in [4.78, 5) is 14.7. The van der Waals surface area contributed by atoms with Crippen LogP contribution in [0.15, 0.2) is 0 Å². The molecule has 1 fully saturated rings. The summed E-state index contributed by atoms with van der Waals surface area (Å²) in [5, 5.41) is 16.3. The van der Waals surface area contributed by atoms with Gasteiger partial charge in [0.1, 0.15) is 0 Å². The number of amides is 1. The van der Waals surface area contributed by atoms with E-state index in [9.17, 15) is 4.79 Å². The number of nitriles is 1. The van der Waals surface area contributed by atoms with E-state index in [2.05, 4.69) is 21.4 Å². The normalized spacial score (nSPS) is 15.4. The Morgan fingerprint density at radius 1 is 1.19 bits per heavy atom. The molecular weight excluding hydrogens is 326 g/mol. The molecule has 6 nitrogen and oxygen atoms in total. The first-order chi connectivity index (χ1) is 12.6. The molecule has 1 amide bonds. The van der Waals surface area contributed by atoms with Gasteiger partial charge in [0.05, 0.1) is 24.7 Å². The molecule has 6 heteroatoms. The number of likely N-dealkylation sites (tertiary alicyclic amines) is 1. The molecule has 0 aromatic carbocycles. The second-order valence-electron chi connectivity index (χ2n) is 7.24. The number of nitrogens with zero attached hydrogens (tertiary/aromatic N) is 4. The van der Waals surface area contributed by atoms with Gasteiger partial charge >= 0.3 is 0 Å². The van der Waals surface area contributed by atoms with Crippen LogP contribution in [-0.2, 0) is 17.8 Å². The fourth-order valence-electron chi connectivity index (χ4n) is 3.69. The first-order valence-corrected chi connectivity index (χ1v) is 10.0. The number of carbonyl (C=O) groups is 1. The minimum absolute atomic E-state index is 0.115. The van der Waals surface area contributed by atoms with E-state index >= 15 is 0 Å². The van der Waals surface area contributed by atoms with Crippen LogP contribution in [0.5, 0.6) is 0 Å². The summed E-state index contributed by atoms with van der Waals surface area (Å²) in [5.74, 6) is 0.115. The van der Waals surface area contributed by atoms with Crippen LogP contribution in [0.3, 0.4) is 0 Å². The van der Waals surface area contributed by atoms with Gasteiger partial charge in [0.25, 0.3) is 0 Å². The molecule has 1 aromatic rings. The molecule has 2 heterocycles. The predicted octanol–water partition coefficient (Wildman–Crippen LogP) is 2.73. The van der Waals surface area contributed by atoms with Crippen LogP contribution in [0.4, 0.5) is 0 Å². The lowest BCUT2D eigenvalue weighted by molar-refractivity contribution is -0.121. The van der Waals surface area contributed by atoms with Gasteiger partial charge in [-0.3, -0.25) is 9.48 Å². The average molecular weight is 360 g/mol. The average Bonchev–Trinajstić information content (AvgIpc) is 2.81. The number of hydrogen-bond donors (Lipinski definition) is 1. The van der Waals surface area contributed by atoms with Gasteiger partial charge in [-0.1, -0.05) is 12.8 Å². The summed E-state index contributed by atoms with van der Waals surface area (Å²) in [7, 11) is 0. The molecule has 0 unspecified atom stereocenters. The Morgan fingerprint density at radius 2 is 1.92 bits per heavy atom. The van der Waals surface area contributed by atoms with Crippen molar-refractivity contribution in [2.75, 3.05) is 26.2 Å². The minimum Gasteiger partial charge on any atom is -0.356 e. The van der Waals surface area contributed by atoms with Crippen molar-refractivity contribution >= 4 is 5.91 Å². The van der Waals surface area contributed by atoms with Crippen LogP contribution in [-0.4, -0.2) is 46.8 Å². The number of aromatic nitrogens is 2. The van der Waals surface area contributed by atoms with Crippen LogP contribution < -0.4 is 5.32 Å². The lowest BCUT2D eigenvalue weighted by Gasteiger charge is -2.19. The van der Waals surface area contributed by atoms with Crippen LogP contribution in [0.1, 0.15) is 61.9 Å². The highest BCUT2D eigenvalue weighted by Gasteiger charge is 2.13. The van der Waals surface area contributed by atoms with Crippen molar-refractivity contribution in [1.82, 2.24) is 20.0 Å². The zero-order valence-electron chi connectivity index (χ0n) is 16.4. The number of nitrogens with one attached hydrogen (secondary N) is 1. The first-order valence-electron chi connectivity index (χ1n) is 10.0. The quantitative estimate of drug-likeness (QED) is 0.688. The van der Waals surface area contributed by atoms with Gasteiger partial charge in [-0.2, -0.15) is 10.4 Å². The van der Waals surface area contributed by atoms with E-state index in [4.69, 9.17) is 5.26 Å². The van der Waals surface area contributed by atoms with Crippen molar-refractivity contribution in [2.24, 2.45) is 0 Å². The maximum atomic E-state index is 12.1. The number of aryl methyl sites for hydroxylation is 2. The SMILES string of the molecule is Cc1nn(CCC#N)c(C)c1CCC(=O)NCCCN1CCCCCC1. The predicted molar refractivity (Wildman–Crippen MR) is 103 cm³/mol. The highest BCUT2D eigenvalue weighted by molar-refractivity contribution is 5.76. The van der Waals surface area contributed by atoms with Crippen molar-refractivity contribution in [2.45, 2.75) is 71.8 Å². The van der Waals surface area contributed by atoms with E-state index in [1.54, 1.807) is 0 Å². The van der Waals surface area contributed by atoms with E-state index in [1.807, 2.05) is 18.5 Å². The van der Waals surface area contributed by atoms with Gasteiger partial charge in [-0.25, -0.2) is 0 Å². The molecule has 1 saturated heterocycles. The molecule has 0 atom stereocenters. The van der Waals surface area contributed by atoms with Gasteiger partial charge in [-0.05, 0) is 64.7 Å². The van der Waals surface area contributed by atoms with E-state index in [0.717, 1.165) is 36.5 Å². The van der Waals surface area contributed by atoms with Gasteiger partial charge in [0, 0.05) is 18.7 Å². The zero-order chi connectivity index (χ0) is 18.8. The monoisotopic (exact) mass is 359 g/mol. The van der Waals surface area contributed by atoms with Crippen molar-refractivity contribution in [1.29, 1.82) is 5.26 Å². The Bertz CT molecular complexity index is 608. The molecule has 0 aliphatic carbocycles. The summed E-state index contributed by atoms with van der Waals surface area (Å²) in [5.41, 5.74) is 3.18. The van der Waals surface area contributed by atoms with Gasteiger partial charge < -0.3 is 10.2 Å². The van der Waals surface area contributed by atoms with Crippen LogP contribution in [0.2, 0.25) is 0 Å². The molecule has 1 aromatic heterocycles. The number of carbonyl (C=O) groups excluding carboxylic acids is 1. The Labute approximate surface area is 157 Å². The molecular formula is C20H33N5O. The molecule has 1 N–H and O–H groups in total. The van der Waals surface area contributed by atoms with Gasteiger partial charge in [0.15, 0.2) is 0 Å². The molecule has 144 valence electrons.